The normalized spacial score (nSPS) is 10.8. The van der Waals surface area contributed by atoms with Crippen molar-refractivity contribution in [3.8, 4) is 0 Å². The maximum Gasteiger partial charge on any atom is 0.257 e. The molecular weight excluding hydrogens is 330 g/mol. The Bertz CT molecular complexity index is 793. The monoisotopic (exact) mass is 343 g/mol. The Morgan fingerprint density at radius 3 is 2.76 bits per heavy atom. The van der Waals surface area contributed by atoms with Gasteiger partial charge in [0.2, 0.25) is 0 Å². The number of hydrogen-bond donors (Lipinski definition) is 1. The molecule has 0 saturated carbocycles. The number of nitrogens with zero attached hydrogens (tertiary/aromatic N) is 2. The Balaban J connectivity index is 1.96. The van der Waals surface area contributed by atoms with Crippen molar-refractivity contribution in [2.24, 2.45) is 0 Å². The SMILES string of the molecule is CCn1cc(C(=O)Nc2ccc(Br)cc2)c2cccnc21. The van der Waals surface area contributed by atoms with Crippen molar-refractivity contribution in [1.82, 2.24) is 9.55 Å². The summed E-state index contributed by atoms with van der Waals surface area (Å²) in [5.74, 6) is -0.123. The number of benzene rings is 1. The maximum absolute atomic E-state index is 12.5. The number of amides is 1. The molecule has 3 rings (SSSR count). The van der Waals surface area contributed by atoms with Crippen molar-refractivity contribution in [2.45, 2.75) is 13.5 Å². The number of carbonyl (C=O) groups is 1. The van der Waals surface area contributed by atoms with E-state index in [0.717, 1.165) is 27.7 Å². The molecule has 1 aromatic carbocycles. The Kier molecular flexibility index (Phi) is 3.75. The van der Waals surface area contributed by atoms with Gasteiger partial charge in [-0.15, -0.1) is 0 Å². The van der Waals surface area contributed by atoms with Crippen molar-refractivity contribution in [3.63, 3.8) is 0 Å². The van der Waals surface area contributed by atoms with Crippen molar-refractivity contribution in [2.75, 3.05) is 5.32 Å². The molecule has 0 spiro atoms. The Hall–Kier alpha value is -2.14. The van der Waals surface area contributed by atoms with Crippen LogP contribution in [0.1, 0.15) is 17.3 Å². The summed E-state index contributed by atoms with van der Waals surface area (Å²) in [7, 11) is 0. The van der Waals surface area contributed by atoms with E-state index >= 15 is 0 Å². The predicted octanol–water partition coefficient (Wildman–Crippen LogP) is 4.07. The first-order valence-corrected chi connectivity index (χ1v) is 7.49. The highest BCUT2D eigenvalue weighted by Crippen LogP contribution is 2.21. The van der Waals surface area contributed by atoms with Gasteiger partial charge in [-0.05, 0) is 43.3 Å². The second-order valence-corrected chi connectivity index (χ2v) is 5.58. The third-order valence-electron chi connectivity index (χ3n) is 3.32. The number of rotatable bonds is 3. The highest BCUT2D eigenvalue weighted by molar-refractivity contribution is 9.10. The summed E-state index contributed by atoms with van der Waals surface area (Å²) in [6.45, 7) is 2.81. The van der Waals surface area contributed by atoms with Gasteiger partial charge in [-0.2, -0.15) is 0 Å². The molecule has 4 nitrogen and oxygen atoms in total. The molecule has 2 heterocycles. The molecular formula is C16H14BrN3O. The summed E-state index contributed by atoms with van der Waals surface area (Å²) in [5.41, 5.74) is 2.24. The van der Waals surface area contributed by atoms with Gasteiger partial charge in [0.1, 0.15) is 5.65 Å². The number of anilines is 1. The van der Waals surface area contributed by atoms with Gasteiger partial charge in [-0.1, -0.05) is 15.9 Å². The van der Waals surface area contributed by atoms with E-state index in [0.29, 0.717) is 5.56 Å². The molecule has 21 heavy (non-hydrogen) atoms. The molecule has 106 valence electrons. The van der Waals surface area contributed by atoms with E-state index in [1.807, 2.05) is 54.1 Å². The number of carbonyl (C=O) groups excluding carboxylic acids is 1. The first-order valence-electron chi connectivity index (χ1n) is 6.70. The van der Waals surface area contributed by atoms with Crippen LogP contribution in [-0.2, 0) is 6.54 Å². The molecule has 1 amide bonds. The van der Waals surface area contributed by atoms with Crippen LogP contribution in [0.3, 0.4) is 0 Å². The predicted molar refractivity (Wildman–Crippen MR) is 87.5 cm³/mol. The van der Waals surface area contributed by atoms with Crippen molar-refractivity contribution in [1.29, 1.82) is 0 Å². The molecule has 0 saturated heterocycles. The quantitative estimate of drug-likeness (QED) is 0.779. The zero-order chi connectivity index (χ0) is 14.8. The minimum Gasteiger partial charge on any atom is -0.332 e. The van der Waals surface area contributed by atoms with Gasteiger partial charge < -0.3 is 9.88 Å². The van der Waals surface area contributed by atoms with Gasteiger partial charge in [-0.3, -0.25) is 4.79 Å². The summed E-state index contributed by atoms with van der Waals surface area (Å²) in [5, 5.41) is 3.78. The number of halogens is 1. The zero-order valence-electron chi connectivity index (χ0n) is 11.5. The fourth-order valence-corrected chi connectivity index (χ4v) is 2.54. The van der Waals surface area contributed by atoms with Crippen LogP contribution >= 0.6 is 15.9 Å². The fourth-order valence-electron chi connectivity index (χ4n) is 2.28. The topological polar surface area (TPSA) is 46.9 Å². The van der Waals surface area contributed by atoms with E-state index in [1.165, 1.54) is 0 Å². The van der Waals surface area contributed by atoms with Crippen LogP contribution in [-0.4, -0.2) is 15.5 Å². The number of fused-ring (bicyclic) bond motifs is 1. The fraction of sp³-hybridized carbons (Fsp3) is 0.125. The number of aryl methyl sites for hydroxylation is 1. The molecule has 1 N–H and O–H groups in total. The van der Waals surface area contributed by atoms with Crippen molar-refractivity contribution < 1.29 is 4.79 Å². The van der Waals surface area contributed by atoms with Crippen molar-refractivity contribution in [3.05, 3.63) is 58.8 Å². The Morgan fingerprint density at radius 2 is 2.05 bits per heavy atom. The van der Waals surface area contributed by atoms with E-state index in [-0.39, 0.29) is 5.91 Å². The van der Waals surface area contributed by atoms with Crippen LogP contribution < -0.4 is 5.32 Å². The molecule has 0 radical (unpaired) electrons. The first-order chi connectivity index (χ1) is 10.2. The van der Waals surface area contributed by atoms with Crippen LogP contribution in [0.25, 0.3) is 11.0 Å². The first kappa shape index (κ1) is 13.8. The van der Waals surface area contributed by atoms with E-state index < -0.39 is 0 Å². The van der Waals surface area contributed by atoms with Gasteiger partial charge in [0.15, 0.2) is 0 Å². The standard InChI is InChI=1S/C16H14BrN3O/c1-2-20-10-14(13-4-3-9-18-15(13)20)16(21)19-12-7-5-11(17)6-8-12/h3-10H,2H2,1H3,(H,19,21). The lowest BCUT2D eigenvalue weighted by Gasteiger charge is -2.04. The lowest BCUT2D eigenvalue weighted by atomic mass is 10.2. The number of aromatic nitrogens is 2. The minimum atomic E-state index is -0.123. The highest BCUT2D eigenvalue weighted by Gasteiger charge is 2.15. The average Bonchev–Trinajstić information content (AvgIpc) is 2.88. The molecule has 3 aromatic rings. The largest absolute Gasteiger partial charge is 0.332 e. The number of pyridine rings is 1. The molecule has 0 fully saturated rings. The third kappa shape index (κ3) is 2.69. The zero-order valence-corrected chi connectivity index (χ0v) is 13.1. The molecule has 0 aliphatic rings. The summed E-state index contributed by atoms with van der Waals surface area (Å²) < 4.78 is 2.96. The van der Waals surface area contributed by atoms with Crippen LogP contribution in [0.15, 0.2) is 53.3 Å². The van der Waals surface area contributed by atoms with Gasteiger partial charge in [0, 0.05) is 34.5 Å². The second-order valence-electron chi connectivity index (χ2n) is 4.66. The van der Waals surface area contributed by atoms with Crippen LogP contribution in [0.5, 0.6) is 0 Å². The van der Waals surface area contributed by atoms with E-state index in [1.54, 1.807) is 6.20 Å². The Morgan fingerprint density at radius 1 is 1.29 bits per heavy atom. The molecule has 0 atom stereocenters. The van der Waals surface area contributed by atoms with Gasteiger partial charge in [-0.25, -0.2) is 4.98 Å². The molecule has 0 bridgehead atoms. The Labute approximate surface area is 130 Å². The number of hydrogen-bond acceptors (Lipinski definition) is 2. The second kappa shape index (κ2) is 5.69. The van der Waals surface area contributed by atoms with Crippen LogP contribution in [0.2, 0.25) is 0 Å². The van der Waals surface area contributed by atoms with Crippen LogP contribution in [0.4, 0.5) is 5.69 Å². The summed E-state index contributed by atoms with van der Waals surface area (Å²) >= 11 is 3.38. The minimum absolute atomic E-state index is 0.123. The highest BCUT2D eigenvalue weighted by atomic mass is 79.9. The maximum atomic E-state index is 12.5. The average molecular weight is 344 g/mol. The molecule has 5 heteroatoms. The van der Waals surface area contributed by atoms with Crippen molar-refractivity contribution >= 4 is 38.6 Å². The van der Waals surface area contributed by atoms with E-state index in [9.17, 15) is 4.79 Å². The molecule has 0 unspecified atom stereocenters. The summed E-state index contributed by atoms with van der Waals surface area (Å²) in [6, 6.07) is 11.3. The lowest BCUT2D eigenvalue weighted by Crippen LogP contribution is -2.11. The number of nitrogens with one attached hydrogen (secondary N) is 1. The molecule has 0 aliphatic carbocycles. The summed E-state index contributed by atoms with van der Waals surface area (Å²) in [6.07, 6.45) is 3.59. The third-order valence-corrected chi connectivity index (χ3v) is 3.85. The van der Waals surface area contributed by atoms with Crippen LogP contribution in [0, 0.1) is 0 Å². The van der Waals surface area contributed by atoms with Gasteiger partial charge in [0.05, 0.1) is 5.56 Å². The van der Waals surface area contributed by atoms with E-state index in [2.05, 4.69) is 26.2 Å². The van der Waals surface area contributed by atoms with Gasteiger partial charge in [0.25, 0.3) is 5.91 Å². The smallest absolute Gasteiger partial charge is 0.257 e. The molecule has 0 aliphatic heterocycles. The lowest BCUT2D eigenvalue weighted by molar-refractivity contribution is 0.102. The van der Waals surface area contributed by atoms with Gasteiger partial charge >= 0.3 is 0 Å². The van der Waals surface area contributed by atoms with E-state index in [4.69, 9.17) is 0 Å². The summed E-state index contributed by atoms with van der Waals surface area (Å²) in [4.78, 5) is 16.8. The molecule has 2 aromatic heterocycles.